The van der Waals surface area contributed by atoms with Crippen molar-refractivity contribution < 1.29 is 14.6 Å². The molecule has 1 aromatic heterocycles. The summed E-state index contributed by atoms with van der Waals surface area (Å²) in [7, 11) is 0. The lowest BCUT2D eigenvalue weighted by Crippen LogP contribution is -2.13. The summed E-state index contributed by atoms with van der Waals surface area (Å²) in [4.78, 5) is 15.4. The van der Waals surface area contributed by atoms with E-state index in [0.717, 1.165) is 6.54 Å². The largest absolute Gasteiger partial charge is 0.485 e. The Labute approximate surface area is 130 Å². The number of halogens is 1. The molecule has 0 spiro atoms. The van der Waals surface area contributed by atoms with Crippen molar-refractivity contribution in [3.05, 3.63) is 40.4 Å². The van der Waals surface area contributed by atoms with Crippen LogP contribution in [0.4, 0.5) is 0 Å². The lowest BCUT2D eigenvalue weighted by molar-refractivity contribution is 0.0691. The predicted molar refractivity (Wildman–Crippen MR) is 80.3 cm³/mol. The number of nitrogens with zero attached hydrogens (tertiary/aromatic N) is 3. The minimum absolute atomic E-state index is 0.110. The first kappa shape index (κ1) is 15.5. The quantitative estimate of drug-likeness (QED) is 0.863. The number of carboxylic acids is 1. The molecule has 6 nitrogen and oxygen atoms in total. The fourth-order valence-corrected chi connectivity index (χ4v) is 2.20. The summed E-state index contributed by atoms with van der Waals surface area (Å²) in [6.07, 6.45) is 1.47. The highest BCUT2D eigenvalue weighted by atomic mass is 79.9. The monoisotopic (exact) mass is 353 g/mol. The normalized spacial score (nSPS) is 10.9. The van der Waals surface area contributed by atoms with Gasteiger partial charge in [0.05, 0.1) is 0 Å². The number of aromatic nitrogens is 3. The molecule has 0 saturated carbocycles. The minimum Gasteiger partial charge on any atom is -0.485 e. The van der Waals surface area contributed by atoms with Gasteiger partial charge in [0, 0.05) is 11.0 Å². The van der Waals surface area contributed by atoms with Crippen LogP contribution in [0.1, 0.15) is 30.0 Å². The third-order valence-electron chi connectivity index (χ3n) is 2.76. The maximum Gasteiger partial charge on any atom is 0.339 e. The van der Waals surface area contributed by atoms with Crippen molar-refractivity contribution in [3.63, 3.8) is 0 Å². The van der Waals surface area contributed by atoms with Crippen LogP contribution in [0.25, 0.3) is 0 Å². The Balaban J connectivity index is 2.14. The molecule has 0 fully saturated rings. The van der Waals surface area contributed by atoms with Crippen molar-refractivity contribution >= 4 is 21.9 Å². The van der Waals surface area contributed by atoms with E-state index in [2.05, 4.69) is 39.9 Å². The van der Waals surface area contributed by atoms with Crippen molar-refractivity contribution in [2.24, 2.45) is 5.92 Å². The number of hydrogen-bond acceptors (Lipinski definition) is 4. The molecule has 0 radical (unpaired) electrons. The summed E-state index contributed by atoms with van der Waals surface area (Å²) < 4.78 is 8.05. The van der Waals surface area contributed by atoms with Gasteiger partial charge in [-0.1, -0.05) is 29.8 Å². The Bertz CT molecular complexity index is 640. The number of benzene rings is 1. The number of carbonyl (C=O) groups is 1. The van der Waals surface area contributed by atoms with Crippen LogP contribution in [-0.2, 0) is 13.2 Å². The van der Waals surface area contributed by atoms with Crippen molar-refractivity contribution in [1.29, 1.82) is 0 Å². The molecule has 112 valence electrons. The number of carboxylic acid groups (broad SMARTS) is 1. The van der Waals surface area contributed by atoms with E-state index in [1.54, 1.807) is 16.8 Å². The molecular formula is C14H16BrN3O3. The van der Waals surface area contributed by atoms with Crippen LogP contribution in [-0.4, -0.2) is 25.8 Å². The van der Waals surface area contributed by atoms with Gasteiger partial charge in [0.2, 0.25) is 0 Å². The maximum absolute atomic E-state index is 11.2. The average molecular weight is 354 g/mol. The van der Waals surface area contributed by atoms with E-state index < -0.39 is 5.97 Å². The standard InChI is InChI=1S/C14H16BrN3O3/c1-9(2)6-18-13(16-8-17-18)7-21-12-4-3-10(15)5-11(12)14(19)20/h3-5,8-9H,6-7H2,1-2H3,(H,19,20). The highest BCUT2D eigenvalue weighted by Crippen LogP contribution is 2.24. The van der Waals surface area contributed by atoms with Gasteiger partial charge in [-0.15, -0.1) is 0 Å². The lowest BCUT2D eigenvalue weighted by Gasteiger charge is -2.11. The van der Waals surface area contributed by atoms with Gasteiger partial charge in [0.15, 0.2) is 5.82 Å². The van der Waals surface area contributed by atoms with Crippen molar-refractivity contribution in [2.45, 2.75) is 27.0 Å². The molecule has 21 heavy (non-hydrogen) atoms. The molecule has 2 rings (SSSR count). The molecule has 1 heterocycles. The molecule has 0 saturated heterocycles. The molecule has 0 amide bonds. The van der Waals surface area contributed by atoms with Gasteiger partial charge in [0.25, 0.3) is 0 Å². The average Bonchev–Trinajstić information content (AvgIpc) is 2.83. The molecule has 0 atom stereocenters. The fourth-order valence-electron chi connectivity index (χ4n) is 1.84. The molecule has 7 heteroatoms. The van der Waals surface area contributed by atoms with E-state index in [0.29, 0.717) is 22.0 Å². The molecule has 1 N–H and O–H groups in total. The highest BCUT2D eigenvalue weighted by Gasteiger charge is 2.13. The van der Waals surface area contributed by atoms with Gasteiger partial charge in [-0.2, -0.15) is 5.10 Å². The van der Waals surface area contributed by atoms with E-state index in [1.165, 1.54) is 12.4 Å². The Morgan fingerprint density at radius 3 is 2.90 bits per heavy atom. The summed E-state index contributed by atoms with van der Waals surface area (Å²) in [5.74, 6) is 0.385. The van der Waals surface area contributed by atoms with E-state index in [1.807, 2.05) is 0 Å². The van der Waals surface area contributed by atoms with Gasteiger partial charge < -0.3 is 9.84 Å². The Morgan fingerprint density at radius 1 is 1.48 bits per heavy atom. The van der Waals surface area contributed by atoms with Gasteiger partial charge in [0.1, 0.15) is 24.2 Å². The smallest absolute Gasteiger partial charge is 0.339 e. The maximum atomic E-state index is 11.2. The van der Waals surface area contributed by atoms with Crippen LogP contribution < -0.4 is 4.74 Å². The third-order valence-corrected chi connectivity index (χ3v) is 3.26. The third kappa shape index (κ3) is 4.04. The second kappa shape index (κ2) is 6.71. The zero-order valence-corrected chi connectivity index (χ0v) is 13.4. The van der Waals surface area contributed by atoms with Crippen molar-refractivity contribution in [1.82, 2.24) is 14.8 Å². The van der Waals surface area contributed by atoms with E-state index in [-0.39, 0.29) is 12.2 Å². The molecule has 0 aliphatic carbocycles. The summed E-state index contributed by atoms with van der Waals surface area (Å²) in [6, 6.07) is 4.87. The molecule has 0 aliphatic rings. The number of ether oxygens (including phenoxy) is 1. The number of aromatic carboxylic acids is 1. The zero-order chi connectivity index (χ0) is 15.4. The van der Waals surface area contributed by atoms with Crippen LogP contribution in [0.5, 0.6) is 5.75 Å². The van der Waals surface area contributed by atoms with Crippen LogP contribution >= 0.6 is 15.9 Å². The van der Waals surface area contributed by atoms with Crippen molar-refractivity contribution in [2.75, 3.05) is 0 Å². The van der Waals surface area contributed by atoms with Crippen LogP contribution in [0, 0.1) is 5.92 Å². The van der Waals surface area contributed by atoms with Gasteiger partial charge >= 0.3 is 5.97 Å². The molecular weight excluding hydrogens is 338 g/mol. The number of rotatable bonds is 6. The van der Waals surface area contributed by atoms with E-state index in [4.69, 9.17) is 4.74 Å². The van der Waals surface area contributed by atoms with Crippen LogP contribution in [0.2, 0.25) is 0 Å². The van der Waals surface area contributed by atoms with E-state index in [9.17, 15) is 9.90 Å². The number of hydrogen-bond donors (Lipinski definition) is 1. The summed E-state index contributed by atoms with van der Waals surface area (Å²) in [5.41, 5.74) is 0.110. The molecule has 0 bridgehead atoms. The first-order valence-corrected chi connectivity index (χ1v) is 7.29. The minimum atomic E-state index is -1.03. The Morgan fingerprint density at radius 2 is 2.24 bits per heavy atom. The highest BCUT2D eigenvalue weighted by molar-refractivity contribution is 9.10. The Kier molecular flexibility index (Phi) is 4.95. The summed E-state index contributed by atoms with van der Waals surface area (Å²) >= 11 is 3.25. The van der Waals surface area contributed by atoms with Gasteiger partial charge in [-0.25, -0.2) is 14.5 Å². The van der Waals surface area contributed by atoms with Crippen LogP contribution in [0.3, 0.4) is 0 Å². The van der Waals surface area contributed by atoms with Gasteiger partial charge in [-0.3, -0.25) is 0 Å². The Hall–Kier alpha value is -1.89. The fraction of sp³-hybridized carbons (Fsp3) is 0.357. The summed E-state index contributed by atoms with van der Waals surface area (Å²) in [6.45, 7) is 5.09. The second-order valence-electron chi connectivity index (χ2n) is 4.99. The zero-order valence-electron chi connectivity index (χ0n) is 11.8. The summed E-state index contributed by atoms with van der Waals surface area (Å²) in [5, 5.41) is 13.3. The van der Waals surface area contributed by atoms with E-state index >= 15 is 0 Å². The first-order chi connectivity index (χ1) is 9.97. The van der Waals surface area contributed by atoms with Crippen LogP contribution in [0.15, 0.2) is 29.0 Å². The topological polar surface area (TPSA) is 77.2 Å². The molecule has 0 unspecified atom stereocenters. The first-order valence-electron chi connectivity index (χ1n) is 6.49. The molecule has 2 aromatic rings. The van der Waals surface area contributed by atoms with Gasteiger partial charge in [-0.05, 0) is 24.1 Å². The lowest BCUT2D eigenvalue weighted by atomic mass is 10.2. The van der Waals surface area contributed by atoms with Crippen molar-refractivity contribution in [3.8, 4) is 5.75 Å². The molecule has 0 aliphatic heterocycles. The second-order valence-corrected chi connectivity index (χ2v) is 5.90. The molecule has 1 aromatic carbocycles. The SMILES string of the molecule is CC(C)Cn1ncnc1COc1ccc(Br)cc1C(=O)O. The predicted octanol–water partition coefficient (Wildman–Crippen LogP) is 2.97.